The Hall–Kier alpha value is -1.31. The van der Waals surface area contributed by atoms with Crippen molar-refractivity contribution in [1.29, 1.82) is 0 Å². The van der Waals surface area contributed by atoms with Gasteiger partial charge in [-0.1, -0.05) is 26.8 Å². The third kappa shape index (κ3) is 2.51. The molecule has 1 amide bonds. The van der Waals surface area contributed by atoms with Gasteiger partial charge in [-0.3, -0.25) is 4.79 Å². The number of fused-ring (bicyclic) bond motifs is 1. The molecule has 0 spiro atoms. The van der Waals surface area contributed by atoms with E-state index in [2.05, 4.69) is 38.2 Å². The Morgan fingerprint density at radius 2 is 2.06 bits per heavy atom. The number of hydrogen-bond donors (Lipinski definition) is 1. The van der Waals surface area contributed by atoms with Crippen LogP contribution in [-0.2, 0) is 17.6 Å². The fourth-order valence-electron chi connectivity index (χ4n) is 2.45. The van der Waals surface area contributed by atoms with E-state index >= 15 is 0 Å². The van der Waals surface area contributed by atoms with Crippen LogP contribution in [0.2, 0.25) is 0 Å². The number of hydrogen-bond acceptors (Lipinski definition) is 1. The minimum absolute atomic E-state index is 0.159. The van der Waals surface area contributed by atoms with Crippen LogP contribution in [0.5, 0.6) is 0 Å². The van der Waals surface area contributed by atoms with Crippen molar-refractivity contribution >= 4 is 11.6 Å². The van der Waals surface area contributed by atoms with Crippen molar-refractivity contribution in [3.8, 4) is 0 Å². The summed E-state index contributed by atoms with van der Waals surface area (Å²) >= 11 is 0. The summed E-state index contributed by atoms with van der Waals surface area (Å²) in [4.78, 5) is 11.6. The third-order valence-corrected chi connectivity index (χ3v) is 3.52. The molecule has 1 aromatic rings. The molecule has 1 N–H and O–H groups in total. The molecule has 0 bridgehead atoms. The van der Waals surface area contributed by atoms with Crippen molar-refractivity contribution in [3.05, 3.63) is 28.8 Å². The van der Waals surface area contributed by atoms with Gasteiger partial charge in [0.15, 0.2) is 0 Å². The Labute approximate surface area is 103 Å². The molecule has 2 rings (SSSR count). The normalized spacial score (nSPS) is 15.4. The van der Waals surface area contributed by atoms with E-state index in [0.29, 0.717) is 12.3 Å². The zero-order valence-corrected chi connectivity index (χ0v) is 11.0. The summed E-state index contributed by atoms with van der Waals surface area (Å²) in [6.07, 6.45) is 3.68. The van der Waals surface area contributed by atoms with Gasteiger partial charge in [0, 0.05) is 12.1 Å². The summed E-state index contributed by atoms with van der Waals surface area (Å²) in [6.45, 7) is 6.58. The van der Waals surface area contributed by atoms with Gasteiger partial charge in [0.1, 0.15) is 0 Å². The van der Waals surface area contributed by atoms with E-state index in [0.717, 1.165) is 24.9 Å². The van der Waals surface area contributed by atoms with Crippen LogP contribution in [0.15, 0.2) is 12.1 Å². The topological polar surface area (TPSA) is 29.1 Å². The monoisotopic (exact) mass is 231 g/mol. The molecule has 0 saturated carbocycles. The maximum Gasteiger partial charge on any atom is 0.224 e. The molecule has 1 heterocycles. The molecular weight excluding hydrogens is 210 g/mol. The summed E-state index contributed by atoms with van der Waals surface area (Å²) in [6, 6.07) is 4.46. The molecule has 2 nitrogen and oxygen atoms in total. The van der Waals surface area contributed by atoms with Crippen LogP contribution < -0.4 is 5.32 Å². The minimum Gasteiger partial charge on any atom is -0.326 e. The lowest BCUT2D eigenvalue weighted by molar-refractivity contribution is -0.116. The van der Waals surface area contributed by atoms with Crippen molar-refractivity contribution in [2.45, 2.75) is 52.4 Å². The predicted octanol–water partition coefficient (Wildman–Crippen LogP) is 3.65. The average molecular weight is 231 g/mol. The van der Waals surface area contributed by atoms with E-state index < -0.39 is 0 Å². The maximum absolute atomic E-state index is 11.6. The molecular formula is C15H21NO. The number of nitrogens with one attached hydrogen (secondary N) is 1. The third-order valence-electron chi connectivity index (χ3n) is 3.52. The molecule has 0 saturated heterocycles. The van der Waals surface area contributed by atoms with Gasteiger partial charge < -0.3 is 5.32 Å². The smallest absolute Gasteiger partial charge is 0.224 e. The Bertz CT molecular complexity index is 435. The molecule has 0 fully saturated rings. The largest absolute Gasteiger partial charge is 0.326 e. The van der Waals surface area contributed by atoms with E-state index in [-0.39, 0.29) is 5.91 Å². The first-order chi connectivity index (χ1) is 8.11. The summed E-state index contributed by atoms with van der Waals surface area (Å²) < 4.78 is 0. The van der Waals surface area contributed by atoms with Crippen LogP contribution in [-0.4, -0.2) is 5.91 Å². The van der Waals surface area contributed by atoms with E-state index in [1.807, 2.05) is 0 Å². The first-order valence-corrected chi connectivity index (χ1v) is 6.57. The molecule has 0 radical (unpaired) electrons. The summed E-state index contributed by atoms with van der Waals surface area (Å²) in [5.74, 6) is 0.664. The van der Waals surface area contributed by atoms with Crippen LogP contribution in [0.4, 0.5) is 5.69 Å². The second kappa shape index (κ2) is 4.91. The number of rotatable bonds is 2. The minimum atomic E-state index is 0.159. The Balaban J connectivity index is 2.51. The van der Waals surface area contributed by atoms with Gasteiger partial charge in [0.05, 0.1) is 0 Å². The molecule has 17 heavy (non-hydrogen) atoms. The van der Waals surface area contributed by atoms with Gasteiger partial charge in [-0.25, -0.2) is 0 Å². The summed E-state index contributed by atoms with van der Waals surface area (Å²) in [7, 11) is 0. The maximum atomic E-state index is 11.6. The summed E-state index contributed by atoms with van der Waals surface area (Å²) in [5.41, 5.74) is 5.12. The van der Waals surface area contributed by atoms with Crippen LogP contribution >= 0.6 is 0 Å². The molecule has 0 aromatic heterocycles. The Kier molecular flexibility index (Phi) is 3.51. The number of anilines is 1. The van der Waals surface area contributed by atoms with Gasteiger partial charge in [-0.2, -0.15) is 0 Å². The second-order valence-electron chi connectivity index (χ2n) is 5.12. The first kappa shape index (κ1) is 12.2. The average Bonchev–Trinajstić information content (AvgIpc) is 2.48. The van der Waals surface area contributed by atoms with Crippen molar-refractivity contribution < 1.29 is 4.79 Å². The first-order valence-electron chi connectivity index (χ1n) is 6.57. The summed E-state index contributed by atoms with van der Waals surface area (Å²) in [5, 5.41) is 3.05. The van der Waals surface area contributed by atoms with E-state index in [1.165, 1.54) is 16.7 Å². The fourth-order valence-corrected chi connectivity index (χ4v) is 2.45. The standard InChI is InChI=1S/C15H21NO/c1-4-11-8-12(10(2)3)9-14-13(11)6-5-7-15(17)16-14/h8-10H,4-7H2,1-3H3,(H,16,17). The molecule has 0 aliphatic carbocycles. The number of carbonyl (C=O) groups is 1. The van der Waals surface area contributed by atoms with Crippen LogP contribution in [0, 0.1) is 0 Å². The van der Waals surface area contributed by atoms with E-state index in [4.69, 9.17) is 0 Å². The molecule has 1 aliphatic heterocycles. The van der Waals surface area contributed by atoms with Crippen molar-refractivity contribution in [3.63, 3.8) is 0 Å². The molecule has 1 aliphatic rings. The highest BCUT2D eigenvalue weighted by atomic mass is 16.1. The number of benzene rings is 1. The Morgan fingerprint density at radius 3 is 2.71 bits per heavy atom. The van der Waals surface area contributed by atoms with Crippen LogP contribution in [0.25, 0.3) is 0 Å². The van der Waals surface area contributed by atoms with Gasteiger partial charge in [-0.05, 0) is 47.9 Å². The SMILES string of the molecule is CCc1cc(C(C)C)cc2c1CCCC(=O)N2. The predicted molar refractivity (Wildman–Crippen MR) is 71.5 cm³/mol. The van der Waals surface area contributed by atoms with E-state index in [1.54, 1.807) is 0 Å². The number of amides is 1. The van der Waals surface area contributed by atoms with Crippen LogP contribution in [0.3, 0.4) is 0 Å². The highest BCUT2D eigenvalue weighted by Gasteiger charge is 2.17. The fraction of sp³-hybridized carbons (Fsp3) is 0.533. The molecule has 0 unspecified atom stereocenters. The zero-order chi connectivity index (χ0) is 12.4. The second-order valence-corrected chi connectivity index (χ2v) is 5.12. The molecule has 0 atom stereocenters. The van der Waals surface area contributed by atoms with Gasteiger partial charge in [0.2, 0.25) is 5.91 Å². The molecule has 92 valence electrons. The molecule has 2 heteroatoms. The quantitative estimate of drug-likeness (QED) is 0.827. The van der Waals surface area contributed by atoms with Crippen molar-refractivity contribution in [2.75, 3.05) is 5.32 Å². The van der Waals surface area contributed by atoms with Crippen molar-refractivity contribution in [1.82, 2.24) is 0 Å². The molecule has 1 aromatic carbocycles. The van der Waals surface area contributed by atoms with Gasteiger partial charge >= 0.3 is 0 Å². The highest BCUT2D eigenvalue weighted by molar-refractivity contribution is 5.92. The Morgan fingerprint density at radius 1 is 1.29 bits per heavy atom. The lowest BCUT2D eigenvalue weighted by atomic mass is 9.92. The van der Waals surface area contributed by atoms with Crippen molar-refractivity contribution in [2.24, 2.45) is 0 Å². The highest BCUT2D eigenvalue weighted by Crippen LogP contribution is 2.30. The number of aryl methyl sites for hydroxylation is 1. The lowest BCUT2D eigenvalue weighted by Gasteiger charge is -2.16. The zero-order valence-electron chi connectivity index (χ0n) is 11.0. The number of carbonyl (C=O) groups excluding carboxylic acids is 1. The lowest BCUT2D eigenvalue weighted by Crippen LogP contribution is -2.10. The van der Waals surface area contributed by atoms with Gasteiger partial charge in [-0.15, -0.1) is 0 Å². The van der Waals surface area contributed by atoms with E-state index in [9.17, 15) is 4.79 Å². The van der Waals surface area contributed by atoms with Gasteiger partial charge in [0.25, 0.3) is 0 Å². The van der Waals surface area contributed by atoms with Crippen LogP contribution in [0.1, 0.15) is 56.2 Å².